The molecule has 0 radical (unpaired) electrons. The summed E-state index contributed by atoms with van der Waals surface area (Å²) in [5, 5.41) is 0. The number of ether oxygens (including phenoxy) is 1. The van der Waals surface area contributed by atoms with Crippen molar-refractivity contribution in [3.8, 4) is 0 Å². The Kier molecular flexibility index (Phi) is 2.65. The quantitative estimate of drug-likeness (QED) is 0.513. The molecule has 1 atom stereocenters. The molecular weight excluding hydrogens is 142 g/mol. The largest absolute Gasteiger partial charge is 0.375 e. The first-order valence-corrected chi connectivity index (χ1v) is 3.77. The highest BCUT2D eigenvalue weighted by atomic mass is 16.5. The smallest absolute Gasteiger partial charge is 0.246 e. The van der Waals surface area contributed by atoms with Gasteiger partial charge < -0.3 is 9.64 Å². The first kappa shape index (κ1) is 8.27. The zero-order valence-corrected chi connectivity index (χ0v) is 6.75. The molecule has 1 heterocycles. The molecule has 0 N–H and O–H groups in total. The van der Waals surface area contributed by atoms with E-state index in [2.05, 4.69) is 6.58 Å². The highest BCUT2D eigenvalue weighted by Crippen LogP contribution is 2.04. The average Bonchev–Trinajstić information content (AvgIpc) is 2.03. The van der Waals surface area contributed by atoms with Crippen LogP contribution in [0.5, 0.6) is 0 Å². The van der Waals surface area contributed by atoms with E-state index in [-0.39, 0.29) is 12.0 Å². The van der Waals surface area contributed by atoms with Crippen molar-refractivity contribution in [1.29, 1.82) is 0 Å². The minimum Gasteiger partial charge on any atom is -0.375 e. The second kappa shape index (κ2) is 3.53. The molecule has 0 aliphatic carbocycles. The van der Waals surface area contributed by atoms with Gasteiger partial charge in [0.05, 0.1) is 12.7 Å². The molecule has 1 aliphatic heterocycles. The molecular formula is C8H13NO2. The fourth-order valence-corrected chi connectivity index (χ4v) is 1.15. The van der Waals surface area contributed by atoms with Crippen LogP contribution in [0.25, 0.3) is 0 Å². The molecule has 1 saturated heterocycles. The molecule has 0 aromatic carbocycles. The predicted octanol–water partition coefficient (Wildman–Crippen LogP) is 0.420. The molecule has 1 aliphatic rings. The third-order valence-electron chi connectivity index (χ3n) is 1.73. The number of carbonyl (C=O) groups is 1. The number of nitrogens with zero attached hydrogens (tertiary/aromatic N) is 1. The molecule has 0 bridgehead atoms. The standard InChI is InChI=1S/C8H13NO2/c1-3-8(10)9-4-5-11-7(2)6-9/h3,7H,1,4-6H2,2H3/t7-/m1/s1. The van der Waals surface area contributed by atoms with Crippen LogP contribution < -0.4 is 0 Å². The van der Waals surface area contributed by atoms with Gasteiger partial charge in [0.15, 0.2) is 0 Å². The van der Waals surface area contributed by atoms with Gasteiger partial charge in [-0.25, -0.2) is 0 Å². The Labute approximate surface area is 66.6 Å². The van der Waals surface area contributed by atoms with Crippen molar-refractivity contribution in [3.05, 3.63) is 12.7 Å². The van der Waals surface area contributed by atoms with E-state index in [1.807, 2.05) is 6.92 Å². The van der Waals surface area contributed by atoms with Crippen molar-refractivity contribution in [1.82, 2.24) is 4.90 Å². The third-order valence-corrected chi connectivity index (χ3v) is 1.73. The van der Waals surface area contributed by atoms with Crippen molar-refractivity contribution in [3.63, 3.8) is 0 Å². The molecule has 0 aromatic rings. The van der Waals surface area contributed by atoms with E-state index in [0.717, 1.165) is 0 Å². The molecule has 11 heavy (non-hydrogen) atoms. The van der Waals surface area contributed by atoms with E-state index in [1.54, 1.807) is 4.90 Å². The summed E-state index contributed by atoms with van der Waals surface area (Å²) in [4.78, 5) is 12.8. The van der Waals surface area contributed by atoms with Crippen LogP contribution in [0, 0.1) is 0 Å². The Hall–Kier alpha value is -0.830. The number of carbonyl (C=O) groups excluding carboxylic acids is 1. The lowest BCUT2D eigenvalue weighted by Gasteiger charge is -2.30. The van der Waals surface area contributed by atoms with E-state index in [0.29, 0.717) is 19.7 Å². The van der Waals surface area contributed by atoms with Gasteiger partial charge in [0.1, 0.15) is 0 Å². The summed E-state index contributed by atoms with van der Waals surface area (Å²) < 4.78 is 5.27. The van der Waals surface area contributed by atoms with Gasteiger partial charge >= 0.3 is 0 Å². The van der Waals surface area contributed by atoms with Gasteiger partial charge in [-0.2, -0.15) is 0 Å². The van der Waals surface area contributed by atoms with Gasteiger partial charge in [-0.3, -0.25) is 4.79 Å². The Morgan fingerprint density at radius 3 is 3.09 bits per heavy atom. The summed E-state index contributed by atoms with van der Waals surface area (Å²) in [6.45, 7) is 7.40. The van der Waals surface area contributed by atoms with E-state index >= 15 is 0 Å². The van der Waals surface area contributed by atoms with E-state index < -0.39 is 0 Å². The second-order valence-corrected chi connectivity index (χ2v) is 2.67. The van der Waals surface area contributed by atoms with Gasteiger partial charge in [-0.15, -0.1) is 0 Å². The topological polar surface area (TPSA) is 29.5 Å². The molecule has 1 amide bonds. The minimum atomic E-state index is 0.000139. The fraction of sp³-hybridized carbons (Fsp3) is 0.625. The van der Waals surface area contributed by atoms with Crippen LogP contribution >= 0.6 is 0 Å². The maximum Gasteiger partial charge on any atom is 0.246 e. The summed E-state index contributed by atoms with van der Waals surface area (Å²) in [6, 6.07) is 0. The average molecular weight is 155 g/mol. The van der Waals surface area contributed by atoms with E-state index in [9.17, 15) is 4.79 Å². The molecule has 62 valence electrons. The normalized spacial score (nSPS) is 24.8. The molecule has 0 aromatic heterocycles. The van der Waals surface area contributed by atoms with Crippen LogP contribution in [0.4, 0.5) is 0 Å². The molecule has 0 spiro atoms. The highest BCUT2D eigenvalue weighted by Gasteiger charge is 2.18. The van der Waals surface area contributed by atoms with Crippen molar-refractivity contribution < 1.29 is 9.53 Å². The van der Waals surface area contributed by atoms with E-state index in [4.69, 9.17) is 4.74 Å². The predicted molar refractivity (Wildman–Crippen MR) is 42.2 cm³/mol. The maximum atomic E-state index is 11.1. The zero-order chi connectivity index (χ0) is 8.27. The molecule has 3 heteroatoms. The molecule has 0 saturated carbocycles. The number of rotatable bonds is 1. The van der Waals surface area contributed by atoms with Crippen LogP contribution in [-0.4, -0.2) is 36.6 Å². The Bertz CT molecular complexity index is 167. The molecule has 1 fully saturated rings. The third kappa shape index (κ3) is 2.05. The van der Waals surface area contributed by atoms with Crippen LogP contribution in [-0.2, 0) is 9.53 Å². The minimum absolute atomic E-state index is 0.000139. The molecule has 3 nitrogen and oxygen atoms in total. The summed E-state index contributed by atoms with van der Waals surface area (Å²) in [7, 11) is 0. The first-order chi connectivity index (χ1) is 5.24. The maximum absolute atomic E-state index is 11.1. The summed E-state index contributed by atoms with van der Waals surface area (Å²) >= 11 is 0. The number of amides is 1. The van der Waals surface area contributed by atoms with Crippen molar-refractivity contribution >= 4 is 5.91 Å². The fourth-order valence-electron chi connectivity index (χ4n) is 1.15. The molecule has 0 unspecified atom stereocenters. The summed E-state index contributed by atoms with van der Waals surface area (Å²) in [5.74, 6) is 0.000139. The first-order valence-electron chi connectivity index (χ1n) is 3.77. The lowest BCUT2D eigenvalue weighted by Crippen LogP contribution is -2.43. The van der Waals surface area contributed by atoms with Gasteiger partial charge in [-0.05, 0) is 13.0 Å². The van der Waals surface area contributed by atoms with Crippen molar-refractivity contribution in [2.45, 2.75) is 13.0 Å². The lowest BCUT2D eigenvalue weighted by molar-refractivity contribution is -0.132. The SMILES string of the molecule is C=CC(=O)N1CCO[C@H](C)C1. The van der Waals surface area contributed by atoms with E-state index in [1.165, 1.54) is 6.08 Å². The number of hydrogen-bond acceptors (Lipinski definition) is 2. The Morgan fingerprint density at radius 1 is 1.82 bits per heavy atom. The second-order valence-electron chi connectivity index (χ2n) is 2.67. The van der Waals surface area contributed by atoms with Gasteiger partial charge in [0, 0.05) is 13.1 Å². The van der Waals surface area contributed by atoms with Gasteiger partial charge in [0.25, 0.3) is 0 Å². The van der Waals surface area contributed by atoms with Crippen LogP contribution in [0.3, 0.4) is 0 Å². The van der Waals surface area contributed by atoms with Gasteiger partial charge in [0.2, 0.25) is 5.91 Å². The summed E-state index contributed by atoms with van der Waals surface area (Å²) in [5.41, 5.74) is 0. The highest BCUT2D eigenvalue weighted by molar-refractivity contribution is 5.87. The molecule has 1 rings (SSSR count). The Morgan fingerprint density at radius 2 is 2.55 bits per heavy atom. The van der Waals surface area contributed by atoms with Crippen molar-refractivity contribution in [2.75, 3.05) is 19.7 Å². The van der Waals surface area contributed by atoms with Gasteiger partial charge in [-0.1, -0.05) is 6.58 Å². The van der Waals surface area contributed by atoms with Crippen LogP contribution in [0.1, 0.15) is 6.92 Å². The monoisotopic (exact) mass is 155 g/mol. The number of hydrogen-bond donors (Lipinski definition) is 0. The zero-order valence-electron chi connectivity index (χ0n) is 6.75. The van der Waals surface area contributed by atoms with Crippen LogP contribution in [0.2, 0.25) is 0 Å². The number of morpholine rings is 1. The van der Waals surface area contributed by atoms with Crippen molar-refractivity contribution in [2.24, 2.45) is 0 Å². The Balaban J connectivity index is 2.45. The van der Waals surface area contributed by atoms with Crippen LogP contribution in [0.15, 0.2) is 12.7 Å². The summed E-state index contributed by atoms with van der Waals surface area (Å²) in [6.07, 6.45) is 1.51. The lowest BCUT2D eigenvalue weighted by atomic mass is 10.3.